The lowest BCUT2D eigenvalue weighted by atomic mass is 9.83. The summed E-state index contributed by atoms with van der Waals surface area (Å²) in [7, 11) is 1.61. The first-order valence-electron chi connectivity index (χ1n) is 10.9. The Labute approximate surface area is 196 Å². The number of benzene rings is 1. The van der Waals surface area contributed by atoms with Crippen molar-refractivity contribution < 1.29 is 19.0 Å². The van der Waals surface area contributed by atoms with E-state index in [1.807, 2.05) is 24.3 Å². The molecule has 33 heavy (non-hydrogen) atoms. The SMILES string of the molecule is CCOC(=O)c1nnn(COCCOC)c1-c1cccc(C#Cc2nc(C3CCC3)cs2)c1. The van der Waals surface area contributed by atoms with Crippen LogP contribution in [0.4, 0.5) is 0 Å². The van der Waals surface area contributed by atoms with E-state index in [1.54, 1.807) is 30.1 Å². The van der Waals surface area contributed by atoms with Gasteiger partial charge in [-0.1, -0.05) is 29.7 Å². The third-order valence-corrected chi connectivity index (χ3v) is 6.12. The lowest BCUT2D eigenvalue weighted by Crippen LogP contribution is -2.11. The number of hydrogen-bond donors (Lipinski definition) is 0. The first-order valence-corrected chi connectivity index (χ1v) is 11.8. The fraction of sp³-hybridized carbons (Fsp3) is 0.417. The molecule has 0 bridgehead atoms. The standard InChI is InChI=1S/C24H26N4O4S/c1-3-32-24(29)22-23(28(27-26-22)16-31-13-12-30-2)19-9-4-6-17(14-19)10-11-21-25-20(15-33-21)18-7-5-8-18/h4,6,9,14-15,18H,3,5,7-8,12-13,16H2,1-2H3. The maximum Gasteiger partial charge on any atom is 0.361 e. The van der Waals surface area contributed by atoms with Crippen LogP contribution in [0, 0.1) is 11.8 Å². The molecule has 2 aromatic heterocycles. The average molecular weight is 467 g/mol. The van der Waals surface area contributed by atoms with Crippen LogP contribution in [0.1, 0.15) is 58.9 Å². The van der Waals surface area contributed by atoms with E-state index < -0.39 is 5.97 Å². The fourth-order valence-corrected chi connectivity index (χ4v) is 4.17. The average Bonchev–Trinajstić information content (AvgIpc) is 3.42. The zero-order chi connectivity index (χ0) is 23.0. The van der Waals surface area contributed by atoms with Gasteiger partial charge in [-0.15, -0.1) is 16.4 Å². The van der Waals surface area contributed by atoms with Crippen molar-refractivity contribution in [3.05, 3.63) is 51.6 Å². The monoisotopic (exact) mass is 466 g/mol. The van der Waals surface area contributed by atoms with Gasteiger partial charge in [0.1, 0.15) is 12.4 Å². The van der Waals surface area contributed by atoms with Gasteiger partial charge >= 0.3 is 5.97 Å². The Hall–Kier alpha value is -3.06. The zero-order valence-electron chi connectivity index (χ0n) is 18.7. The minimum atomic E-state index is -0.529. The van der Waals surface area contributed by atoms with Gasteiger partial charge in [-0.05, 0) is 37.8 Å². The summed E-state index contributed by atoms with van der Waals surface area (Å²) in [5.74, 6) is 6.42. The van der Waals surface area contributed by atoms with Gasteiger partial charge in [0, 0.05) is 29.5 Å². The van der Waals surface area contributed by atoms with Gasteiger partial charge in [0.15, 0.2) is 10.7 Å². The van der Waals surface area contributed by atoms with Crippen molar-refractivity contribution in [2.24, 2.45) is 0 Å². The smallest absolute Gasteiger partial charge is 0.361 e. The molecule has 0 unspecified atom stereocenters. The highest BCUT2D eigenvalue weighted by Gasteiger charge is 2.23. The Morgan fingerprint density at radius 1 is 1.27 bits per heavy atom. The van der Waals surface area contributed by atoms with Crippen molar-refractivity contribution in [3.8, 4) is 23.1 Å². The van der Waals surface area contributed by atoms with Crippen molar-refractivity contribution in [1.82, 2.24) is 20.0 Å². The van der Waals surface area contributed by atoms with Crippen LogP contribution in [0.15, 0.2) is 29.6 Å². The topological polar surface area (TPSA) is 88.4 Å². The number of methoxy groups -OCH3 is 1. The molecular weight excluding hydrogens is 440 g/mol. The van der Waals surface area contributed by atoms with E-state index in [4.69, 9.17) is 14.2 Å². The molecule has 8 nitrogen and oxygen atoms in total. The minimum absolute atomic E-state index is 0.129. The van der Waals surface area contributed by atoms with Crippen LogP contribution in [-0.4, -0.2) is 52.9 Å². The molecule has 0 saturated heterocycles. The second-order valence-electron chi connectivity index (χ2n) is 7.57. The first kappa shape index (κ1) is 23.1. The summed E-state index contributed by atoms with van der Waals surface area (Å²) in [6.45, 7) is 2.98. The number of carbonyl (C=O) groups excluding carboxylic acids is 1. The molecule has 3 aromatic rings. The number of hydrogen-bond acceptors (Lipinski definition) is 8. The van der Waals surface area contributed by atoms with Gasteiger partial charge in [-0.3, -0.25) is 0 Å². The van der Waals surface area contributed by atoms with Gasteiger partial charge in [-0.25, -0.2) is 14.5 Å². The fourth-order valence-electron chi connectivity index (χ4n) is 3.42. The van der Waals surface area contributed by atoms with Crippen molar-refractivity contribution >= 4 is 17.3 Å². The van der Waals surface area contributed by atoms with Crippen molar-refractivity contribution in [2.45, 2.75) is 38.8 Å². The molecule has 0 amide bonds. The Bertz CT molecular complexity index is 1160. The van der Waals surface area contributed by atoms with Crippen LogP contribution >= 0.6 is 11.3 Å². The van der Waals surface area contributed by atoms with Gasteiger partial charge in [0.25, 0.3) is 0 Å². The largest absolute Gasteiger partial charge is 0.461 e. The van der Waals surface area contributed by atoms with Crippen LogP contribution in [0.25, 0.3) is 11.3 Å². The van der Waals surface area contributed by atoms with E-state index in [0.29, 0.717) is 24.8 Å². The lowest BCUT2D eigenvalue weighted by Gasteiger charge is -2.22. The summed E-state index contributed by atoms with van der Waals surface area (Å²) in [6, 6.07) is 7.60. The molecule has 9 heteroatoms. The molecule has 0 aliphatic heterocycles. The Morgan fingerprint density at radius 3 is 2.91 bits per heavy atom. The van der Waals surface area contributed by atoms with Crippen LogP contribution in [0.2, 0.25) is 0 Å². The second-order valence-corrected chi connectivity index (χ2v) is 8.43. The molecule has 0 atom stereocenters. The number of rotatable bonds is 9. The number of esters is 1. The van der Waals surface area contributed by atoms with Gasteiger partial charge < -0.3 is 14.2 Å². The summed E-state index contributed by atoms with van der Waals surface area (Å²) in [5.41, 5.74) is 3.38. The van der Waals surface area contributed by atoms with Gasteiger partial charge in [0.05, 0.1) is 25.5 Å². The van der Waals surface area contributed by atoms with E-state index in [1.165, 1.54) is 19.3 Å². The molecule has 1 aliphatic rings. The van der Waals surface area contributed by atoms with E-state index in [-0.39, 0.29) is 19.0 Å². The van der Waals surface area contributed by atoms with Crippen LogP contribution in [0.5, 0.6) is 0 Å². The van der Waals surface area contributed by atoms with E-state index in [9.17, 15) is 4.79 Å². The highest BCUT2D eigenvalue weighted by atomic mass is 32.1. The zero-order valence-corrected chi connectivity index (χ0v) is 19.6. The lowest BCUT2D eigenvalue weighted by molar-refractivity contribution is 0.0288. The molecule has 1 saturated carbocycles. The maximum absolute atomic E-state index is 12.5. The predicted octanol–water partition coefficient (Wildman–Crippen LogP) is 3.87. The quantitative estimate of drug-likeness (QED) is 0.269. The third kappa shape index (κ3) is 5.66. The number of nitrogens with zero attached hydrogens (tertiary/aromatic N) is 4. The molecule has 4 rings (SSSR count). The first-order chi connectivity index (χ1) is 16.2. The summed E-state index contributed by atoms with van der Waals surface area (Å²) in [4.78, 5) is 17.2. The van der Waals surface area contributed by atoms with Gasteiger partial charge in [-0.2, -0.15) is 0 Å². The highest BCUT2D eigenvalue weighted by Crippen LogP contribution is 2.36. The maximum atomic E-state index is 12.5. The molecule has 1 fully saturated rings. The number of ether oxygens (including phenoxy) is 3. The number of aromatic nitrogens is 4. The van der Waals surface area contributed by atoms with Crippen molar-refractivity contribution in [1.29, 1.82) is 0 Å². The van der Waals surface area contributed by atoms with Gasteiger partial charge in [0.2, 0.25) is 0 Å². The van der Waals surface area contributed by atoms with E-state index >= 15 is 0 Å². The summed E-state index contributed by atoms with van der Waals surface area (Å²) < 4.78 is 17.3. The molecule has 2 heterocycles. The normalized spacial score (nSPS) is 13.3. The van der Waals surface area contributed by atoms with Crippen LogP contribution in [-0.2, 0) is 20.9 Å². The van der Waals surface area contributed by atoms with Crippen LogP contribution in [0.3, 0.4) is 0 Å². The molecule has 0 N–H and O–H groups in total. The summed E-state index contributed by atoms with van der Waals surface area (Å²) in [6.07, 6.45) is 3.73. The Kier molecular flexibility index (Phi) is 7.83. The molecular formula is C24H26N4O4S. The molecule has 172 valence electrons. The Balaban J connectivity index is 1.59. The minimum Gasteiger partial charge on any atom is -0.461 e. The van der Waals surface area contributed by atoms with E-state index in [0.717, 1.165) is 21.8 Å². The predicted molar refractivity (Wildman–Crippen MR) is 124 cm³/mol. The second kappa shape index (κ2) is 11.2. The van der Waals surface area contributed by atoms with Crippen molar-refractivity contribution in [3.63, 3.8) is 0 Å². The molecule has 0 radical (unpaired) electrons. The van der Waals surface area contributed by atoms with Crippen LogP contribution < -0.4 is 0 Å². The number of thiazole rings is 1. The van der Waals surface area contributed by atoms with E-state index in [2.05, 4.69) is 32.5 Å². The molecule has 1 aromatic carbocycles. The number of carbonyl (C=O) groups is 1. The molecule has 0 spiro atoms. The molecule has 1 aliphatic carbocycles. The highest BCUT2D eigenvalue weighted by molar-refractivity contribution is 7.10. The summed E-state index contributed by atoms with van der Waals surface area (Å²) >= 11 is 1.58. The third-order valence-electron chi connectivity index (χ3n) is 5.34. The Morgan fingerprint density at radius 2 is 2.15 bits per heavy atom. The van der Waals surface area contributed by atoms with Crippen molar-refractivity contribution in [2.75, 3.05) is 26.9 Å². The summed E-state index contributed by atoms with van der Waals surface area (Å²) in [5, 5.41) is 11.1.